The Morgan fingerprint density at radius 2 is 2.17 bits per heavy atom. The summed E-state index contributed by atoms with van der Waals surface area (Å²) in [5, 5.41) is 14.0. The molecule has 0 unspecified atom stereocenters. The van der Waals surface area contributed by atoms with Crippen LogP contribution in [-0.2, 0) is 4.79 Å². The van der Waals surface area contributed by atoms with Gasteiger partial charge in [-0.3, -0.25) is 14.9 Å². The molecule has 126 valence electrons. The van der Waals surface area contributed by atoms with E-state index in [0.717, 1.165) is 12.0 Å². The quantitative estimate of drug-likeness (QED) is 0.627. The molecule has 0 heterocycles. The number of carbonyl (C=O) groups excluding carboxylic acids is 1. The molecule has 1 amide bonds. The van der Waals surface area contributed by atoms with Gasteiger partial charge in [0.2, 0.25) is 5.91 Å². The SMILES string of the molecule is C[C@H](SCC(=O)N[C@@H]1CCCC[C@@H]1C)c1cccc([N+](=O)[O-])c1. The van der Waals surface area contributed by atoms with E-state index in [1.807, 2.05) is 13.0 Å². The Labute approximate surface area is 141 Å². The van der Waals surface area contributed by atoms with Gasteiger partial charge in [0.1, 0.15) is 0 Å². The fourth-order valence-corrected chi connectivity index (χ4v) is 3.79. The van der Waals surface area contributed by atoms with E-state index in [1.54, 1.807) is 12.1 Å². The lowest BCUT2D eigenvalue weighted by molar-refractivity contribution is -0.384. The first-order valence-electron chi connectivity index (χ1n) is 8.12. The molecule has 1 N–H and O–H groups in total. The van der Waals surface area contributed by atoms with Crippen LogP contribution >= 0.6 is 11.8 Å². The van der Waals surface area contributed by atoms with Gasteiger partial charge in [0.05, 0.1) is 10.7 Å². The van der Waals surface area contributed by atoms with E-state index >= 15 is 0 Å². The Kier molecular flexibility index (Phi) is 6.45. The van der Waals surface area contributed by atoms with E-state index in [4.69, 9.17) is 0 Å². The maximum atomic E-state index is 12.1. The van der Waals surface area contributed by atoms with Gasteiger partial charge in [-0.25, -0.2) is 0 Å². The zero-order valence-electron chi connectivity index (χ0n) is 13.7. The molecule has 5 nitrogen and oxygen atoms in total. The average molecular weight is 336 g/mol. The molecule has 1 aromatic rings. The largest absolute Gasteiger partial charge is 0.352 e. The number of hydrogen-bond donors (Lipinski definition) is 1. The molecule has 0 saturated heterocycles. The molecule has 23 heavy (non-hydrogen) atoms. The van der Waals surface area contributed by atoms with Crippen molar-refractivity contribution in [2.45, 2.75) is 50.8 Å². The van der Waals surface area contributed by atoms with Gasteiger partial charge in [0.15, 0.2) is 0 Å². The van der Waals surface area contributed by atoms with Crippen LogP contribution in [0.5, 0.6) is 0 Å². The lowest BCUT2D eigenvalue weighted by atomic mass is 9.86. The molecule has 1 aromatic carbocycles. The van der Waals surface area contributed by atoms with E-state index in [0.29, 0.717) is 17.7 Å². The first kappa shape index (κ1) is 17.8. The number of amides is 1. The number of hydrogen-bond acceptors (Lipinski definition) is 4. The second-order valence-electron chi connectivity index (χ2n) is 6.24. The zero-order valence-corrected chi connectivity index (χ0v) is 14.5. The summed E-state index contributed by atoms with van der Waals surface area (Å²) >= 11 is 1.51. The molecule has 2 rings (SSSR count). The van der Waals surface area contributed by atoms with Crippen LogP contribution in [0.25, 0.3) is 0 Å². The minimum atomic E-state index is -0.391. The van der Waals surface area contributed by atoms with Crippen LogP contribution in [-0.4, -0.2) is 22.6 Å². The number of carbonyl (C=O) groups is 1. The fraction of sp³-hybridized carbons (Fsp3) is 0.588. The van der Waals surface area contributed by atoms with Gasteiger partial charge in [0, 0.05) is 23.4 Å². The number of nitro benzene ring substituents is 1. The van der Waals surface area contributed by atoms with Crippen molar-refractivity contribution in [3.8, 4) is 0 Å². The highest BCUT2D eigenvalue weighted by Crippen LogP contribution is 2.30. The minimum absolute atomic E-state index is 0.0458. The molecular weight excluding hydrogens is 312 g/mol. The standard InChI is InChI=1S/C17H24N2O3S/c1-12-6-3-4-9-16(12)18-17(20)11-23-13(2)14-7-5-8-15(10-14)19(21)22/h5,7-8,10,12-13,16H,3-4,6,9,11H2,1-2H3,(H,18,20)/t12-,13-,16+/m0/s1. The summed E-state index contributed by atoms with van der Waals surface area (Å²) in [4.78, 5) is 22.6. The molecule has 0 spiro atoms. The normalized spacial score (nSPS) is 22.3. The van der Waals surface area contributed by atoms with Crippen molar-refractivity contribution in [1.82, 2.24) is 5.32 Å². The smallest absolute Gasteiger partial charge is 0.269 e. The van der Waals surface area contributed by atoms with Crippen LogP contribution < -0.4 is 5.32 Å². The topological polar surface area (TPSA) is 72.2 Å². The highest BCUT2D eigenvalue weighted by molar-refractivity contribution is 8.00. The molecule has 1 saturated carbocycles. The summed E-state index contributed by atoms with van der Waals surface area (Å²) in [6.45, 7) is 4.17. The first-order chi connectivity index (χ1) is 11.0. The van der Waals surface area contributed by atoms with Crippen LogP contribution in [0.1, 0.15) is 50.3 Å². The van der Waals surface area contributed by atoms with Crippen molar-refractivity contribution in [2.24, 2.45) is 5.92 Å². The number of non-ortho nitro benzene ring substituents is 1. The number of thioether (sulfide) groups is 1. The van der Waals surface area contributed by atoms with Crippen molar-refractivity contribution in [1.29, 1.82) is 0 Å². The summed E-state index contributed by atoms with van der Waals surface area (Å²) in [5.74, 6) is 0.991. The molecule has 0 bridgehead atoms. The van der Waals surface area contributed by atoms with Gasteiger partial charge in [-0.15, -0.1) is 11.8 Å². The third-order valence-electron chi connectivity index (χ3n) is 4.47. The number of benzene rings is 1. The third kappa shape index (κ3) is 5.23. The molecule has 1 aliphatic rings. The Hall–Kier alpha value is -1.56. The first-order valence-corrected chi connectivity index (χ1v) is 9.17. The van der Waals surface area contributed by atoms with Crippen molar-refractivity contribution < 1.29 is 9.72 Å². The van der Waals surface area contributed by atoms with Gasteiger partial charge in [0.25, 0.3) is 5.69 Å². The molecule has 6 heteroatoms. The number of nitro groups is 1. The molecule has 1 fully saturated rings. The summed E-state index contributed by atoms with van der Waals surface area (Å²) in [5.41, 5.74) is 0.971. The maximum Gasteiger partial charge on any atom is 0.269 e. The molecule has 1 aliphatic carbocycles. The minimum Gasteiger partial charge on any atom is -0.352 e. The summed E-state index contributed by atoms with van der Waals surface area (Å²) < 4.78 is 0. The van der Waals surface area contributed by atoms with E-state index < -0.39 is 4.92 Å². The summed E-state index contributed by atoms with van der Waals surface area (Å²) in [7, 11) is 0. The van der Waals surface area contributed by atoms with Crippen molar-refractivity contribution in [2.75, 3.05) is 5.75 Å². The number of nitrogens with zero attached hydrogens (tertiary/aromatic N) is 1. The van der Waals surface area contributed by atoms with E-state index in [9.17, 15) is 14.9 Å². The van der Waals surface area contributed by atoms with E-state index in [-0.39, 0.29) is 16.8 Å². The van der Waals surface area contributed by atoms with Crippen LogP contribution in [0.4, 0.5) is 5.69 Å². The predicted molar refractivity (Wildman–Crippen MR) is 93.5 cm³/mol. The molecule has 0 aliphatic heterocycles. The van der Waals surface area contributed by atoms with Crippen LogP contribution in [0.3, 0.4) is 0 Å². The van der Waals surface area contributed by atoms with Gasteiger partial charge in [-0.2, -0.15) is 0 Å². The van der Waals surface area contributed by atoms with Crippen molar-refractivity contribution >= 4 is 23.4 Å². The van der Waals surface area contributed by atoms with Crippen molar-refractivity contribution in [3.63, 3.8) is 0 Å². The lowest BCUT2D eigenvalue weighted by Gasteiger charge is -2.29. The summed E-state index contributed by atoms with van der Waals surface area (Å²) in [6.07, 6.45) is 4.69. The zero-order chi connectivity index (χ0) is 16.8. The third-order valence-corrected chi connectivity index (χ3v) is 5.67. The Bertz CT molecular complexity index is 565. The molecule has 0 aromatic heterocycles. The van der Waals surface area contributed by atoms with E-state index in [1.165, 1.54) is 37.1 Å². The Morgan fingerprint density at radius 1 is 1.43 bits per heavy atom. The van der Waals surface area contributed by atoms with Gasteiger partial charge in [-0.05, 0) is 31.2 Å². The van der Waals surface area contributed by atoms with Gasteiger partial charge in [-0.1, -0.05) is 31.9 Å². The van der Waals surface area contributed by atoms with Crippen LogP contribution in [0.15, 0.2) is 24.3 Å². The maximum absolute atomic E-state index is 12.1. The van der Waals surface area contributed by atoms with Gasteiger partial charge >= 0.3 is 0 Å². The highest BCUT2D eigenvalue weighted by Gasteiger charge is 2.23. The average Bonchev–Trinajstić information content (AvgIpc) is 2.55. The second-order valence-corrected chi connectivity index (χ2v) is 7.57. The lowest BCUT2D eigenvalue weighted by Crippen LogP contribution is -2.41. The fourth-order valence-electron chi connectivity index (χ4n) is 2.97. The molecule has 0 radical (unpaired) electrons. The Balaban J connectivity index is 1.83. The van der Waals surface area contributed by atoms with E-state index in [2.05, 4.69) is 12.2 Å². The van der Waals surface area contributed by atoms with Crippen molar-refractivity contribution in [3.05, 3.63) is 39.9 Å². The Morgan fingerprint density at radius 3 is 2.87 bits per heavy atom. The summed E-state index contributed by atoms with van der Waals surface area (Å²) in [6, 6.07) is 6.92. The number of rotatable bonds is 6. The number of nitrogens with one attached hydrogen (secondary N) is 1. The van der Waals surface area contributed by atoms with Gasteiger partial charge < -0.3 is 5.32 Å². The second kappa shape index (κ2) is 8.34. The molecular formula is C17H24N2O3S. The van der Waals surface area contributed by atoms with Crippen LogP contribution in [0, 0.1) is 16.0 Å². The van der Waals surface area contributed by atoms with Crippen LogP contribution in [0.2, 0.25) is 0 Å². The highest BCUT2D eigenvalue weighted by atomic mass is 32.2. The monoisotopic (exact) mass is 336 g/mol. The predicted octanol–water partition coefficient (Wildman–Crippen LogP) is 4.08. The molecule has 3 atom stereocenters.